The fourth-order valence-corrected chi connectivity index (χ4v) is 2.22. The summed E-state index contributed by atoms with van der Waals surface area (Å²) in [4.78, 5) is 0. The molecule has 118 valence electrons. The Kier molecular flexibility index (Phi) is 5.72. The van der Waals surface area contributed by atoms with Gasteiger partial charge < -0.3 is 15.2 Å². The molecule has 0 aliphatic carbocycles. The van der Waals surface area contributed by atoms with Crippen molar-refractivity contribution in [3.05, 3.63) is 59.7 Å². The van der Waals surface area contributed by atoms with Gasteiger partial charge in [-0.1, -0.05) is 12.1 Å². The molecule has 0 fully saturated rings. The second-order valence-corrected chi connectivity index (χ2v) is 4.92. The van der Waals surface area contributed by atoms with E-state index in [1.807, 2.05) is 24.3 Å². The SMILES string of the molecule is COc1cccc(C(CN)CCOc2ccc(F)cc2F)c1. The number of rotatable bonds is 7. The quantitative estimate of drug-likeness (QED) is 0.851. The predicted octanol–water partition coefficient (Wildman–Crippen LogP) is 3.48. The molecule has 0 spiro atoms. The third-order valence-electron chi connectivity index (χ3n) is 3.47. The summed E-state index contributed by atoms with van der Waals surface area (Å²) >= 11 is 0. The highest BCUT2D eigenvalue weighted by Crippen LogP contribution is 2.24. The van der Waals surface area contributed by atoms with Crippen LogP contribution in [0.25, 0.3) is 0 Å². The average molecular weight is 307 g/mol. The summed E-state index contributed by atoms with van der Waals surface area (Å²) in [6, 6.07) is 10.9. The van der Waals surface area contributed by atoms with Crippen molar-refractivity contribution >= 4 is 0 Å². The summed E-state index contributed by atoms with van der Waals surface area (Å²) in [5, 5.41) is 0. The van der Waals surface area contributed by atoms with Crippen LogP contribution in [0, 0.1) is 11.6 Å². The highest BCUT2D eigenvalue weighted by Gasteiger charge is 2.12. The predicted molar refractivity (Wildman–Crippen MR) is 81.3 cm³/mol. The first kappa shape index (κ1) is 16.2. The number of hydrogen-bond donors (Lipinski definition) is 1. The van der Waals surface area contributed by atoms with Gasteiger partial charge in [-0.3, -0.25) is 0 Å². The molecule has 0 heterocycles. The minimum atomic E-state index is -0.703. The van der Waals surface area contributed by atoms with Crippen molar-refractivity contribution in [1.29, 1.82) is 0 Å². The molecule has 1 atom stereocenters. The average Bonchev–Trinajstić information content (AvgIpc) is 2.53. The topological polar surface area (TPSA) is 44.5 Å². The fraction of sp³-hybridized carbons (Fsp3) is 0.294. The number of hydrogen-bond acceptors (Lipinski definition) is 3. The minimum Gasteiger partial charge on any atom is -0.497 e. The van der Waals surface area contributed by atoms with Crippen molar-refractivity contribution in [2.24, 2.45) is 5.73 Å². The Balaban J connectivity index is 1.96. The molecule has 0 radical (unpaired) electrons. The first-order chi connectivity index (χ1) is 10.6. The Bertz CT molecular complexity index is 619. The van der Waals surface area contributed by atoms with Crippen LogP contribution in [0.3, 0.4) is 0 Å². The smallest absolute Gasteiger partial charge is 0.167 e. The second-order valence-electron chi connectivity index (χ2n) is 4.92. The zero-order valence-corrected chi connectivity index (χ0v) is 12.4. The van der Waals surface area contributed by atoms with E-state index in [0.29, 0.717) is 19.6 Å². The summed E-state index contributed by atoms with van der Waals surface area (Å²) in [6.07, 6.45) is 0.625. The molecule has 0 saturated heterocycles. The Morgan fingerprint density at radius 3 is 2.64 bits per heavy atom. The molecule has 22 heavy (non-hydrogen) atoms. The Hall–Kier alpha value is -2.14. The monoisotopic (exact) mass is 307 g/mol. The third-order valence-corrected chi connectivity index (χ3v) is 3.47. The van der Waals surface area contributed by atoms with Gasteiger partial charge in [0, 0.05) is 6.07 Å². The van der Waals surface area contributed by atoms with E-state index in [4.69, 9.17) is 15.2 Å². The molecule has 0 aliphatic heterocycles. The van der Waals surface area contributed by atoms with Crippen molar-refractivity contribution in [3.8, 4) is 11.5 Å². The van der Waals surface area contributed by atoms with Gasteiger partial charge in [0.2, 0.25) is 0 Å². The Morgan fingerprint density at radius 1 is 1.14 bits per heavy atom. The van der Waals surface area contributed by atoms with Gasteiger partial charge in [0.15, 0.2) is 11.6 Å². The van der Waals surface area contributed by atoms with Crippen LogP contribution in [0.5, 0.6) is 11.5 Å². The van der Waals surface area contributed by atoms with Crippen LogP contribution in [0.4, 0.5) is 8.78 Å². The molecular formula is C17H19F2NO2. The van der Waals surface area contributed by atoms with Gasteiger partial charge in [0.1, 0.15) is 11.6 Å². The maximum Gasteiger partial charge on any atom is 0.167 e. The van der Waals surface area contributed by atoms with Crippen molar-refractivity contribution in [2.45, 2.75) is 12.3 Å². The van der Waals surface area contributed by atoms with Crippen LogP contribution < -0.4 is 15.2 Å². The van der Waals surface area contributed by atoms with Crippen molar-refractivity contribution in [1.82, 2.24) is 0 Å². The standard InChI is InChI=1S/C17H19F2NO2/c1-21-15-4-2-3-12(9-15)13(11-20)7-8-22-17-6-5-14(18)10-16(17)19/h2-6,9-10,13H,7-8,11,20H2,1H3. The lowest BCUT2D eigenvalue weighted by molar-refractivity contribution is 0.283. The van der Waals surface area contributed by atoms with E-state index in [0.717, 1.165) is 17.4 Å². The lowest BCUT2D eigenvalue weighted by Crippen LogP contribution is -2.16. The third kappa shape index (κ3) is 4.18. The molecule has 2 N–H and O–H groups in total. The minimum absolute atomic E-state index is 0.0443. The summed E-state index contributed by atoms with van der Waals surface area (Å²) in [5.74, 6) is -0.436. The van der Waals surface area contributed by atoms with E-state index < -0.39 is 11.6 Å². The number of methoxy groups -OCH3 is 1. The van der Waals surface area contributed by atoms with Crippen molar-refractivity contribution < 1.29 is 18.3 Å². The normalized spacial score (nSPS) is 12.0. The Labute approximate surface area is 128 Å². The van der Waals surface area contributed by atoms with Crippen LogP contribution in [0.15, 0.2) is 42.5 Å². The molecule has 0 aromatic heterocycles. The number of halogens is 2. The maximum absolute atomic E-state index is 13.5. The molecule has 0 bridgehead atoms. The van der Waals surface area contributed by atoms with Gasteiger partial charge in [0.25, 0.3) is 0 Å². The number of benzene rings is 2. The van der Waals surface area contributed by atoms with Crippen LogP contribution in [0.1, 0.15) is 17.9 Å². The van der Waals surface area contributed by atoms with E-state index >= 15 is 0 Å². The molecule has 0 saturated carbocycles. The molecule has 2 aromatic carbocycles. The second kappa shape index (κ2) is 7.75. The highest BCUT2D eigenvalue weighted by atomic mass is 19.1. The van der Waals surface area contributed by atoms with Crippen molar-refractivity contribution in [2.75, 3.05) is 20.3 Å². The molecular weight excluding hydrogens is 288 g/mol. The molecule has 0 aliphatic rings. The Morgan fingerprint density at radius 2 is 1.95 bits per heavy atom. The van der Waals surface area contributed by atoms with E-state index in [-0.39, 0.29) is 11.7 Å². The van der Waals surface area contributed by atoms with Gasteiger partial charge in [-0.25, -0.2) is 8.78 Å². The molecule has 3 nitrogen and oxygen atoms in total. The van der Waals surface area contributed by atoms with Gasteiger partial charge in [-0.2, -0.15) is 0 Å². The molecule has 0 amide bonds. The zero-order valence-electron chi connectivity index (χ0n) is 12.4. The van der Waals surface area contributed by atoms with Crippen LogP contribution >= 0.6 is 0 Å². The van der Waals surface area contributed by atoms with Crippen LogP contribution in [-0.4, -0.2) is 20.3 Å². The summed E-state index contributed by atoms with van der Waals surface area (Å²) in [5.41, 5.74) is 6.85. The van der Waals surface area contributed by atoms with Crippen LogP contribution in [0.2, 0.25) is 0 Å². The lowest BCUT2D eigenvalue weighted by Gasteiger charge is -2.16. The van der Waals surface area contributed by atoms with E-state index in [2.05, 4.69) is 0 Å². The van der Waals surface area contributed by atoms with Gasteiger partial charge in [0.05, 0.1) is 13.7 Å². The first-order valence-corrected chi connectivity index (χ1v) is 7.06. The number of nitrogens with two attached hydrogens (primary N) is 1. The van der Waals surface area contributed by atoms with Crippen LogP contribution in [-0.2, 0) is 0 Å². The van der Waals surface area contributed by atoms with E-state index in [1.54, 1.807) is 7.11 Å². The molecule has 2 aromatic rings. The van der Waals surface area contributed by atoms with Crippen molar-refractivity contribution in [3.63, 3.8) is 0 Å². The summed E-state index contributed by atoms with van der Waals surface area (Å²) < 4.78 is 36.9. The highest BCUT2D eigenvalue weighted by molar-refractivity contribution is 5.31. The van der Waals surface area contributed by atoms with Gasteiger partial charge >= 0.3 is 0 Å². The molecule has 1 unspecified atom stereocenters. The summed E-state index contributed by atoms with van der Waals surface area (Å²) in [6.45, 7) is 0.740. The lowest BCUT2D eigenvalue weighted by atomic mass is 9.96. The van der Waals surface area contributed by atoms with Gasteiger partial charge in [-0.05, 0) is 48.7 Å². The maximum atomic E-state index is 13.5. The summed E-state index contributed by atoms with van der Waals surface area (Å²) in [7, 11) is 1.61. The van der Waals surface area contributed by atoms with E-state index in [1.165, 1.54) is 12.1 Å². The first-order valence-electron chi connectivity index (χ1n) is 7.06. The van der Waals surface area contributed by atoms with E-state index in [9.17, 15) is 8.78 Å². The van der Waals surface area contributed by atoms with Gasteiger partial charge in [-0.15, -0.1) is 0 Å². The molecule has 5 heteroatoms. The number of ether oxygens (including phenoxy) is 2. The fourth-order valence-electron chi connectivity index (χ4n) is 2.22. The largest absolute Gasteiger partial charge is 0.497 e. The molecule has 2 rings (SSSR count). The zero-order chi connectivity index (χ0) is 15.9.